The third-order valence-electron chi connectivity index (χ3n) is 3.10. The molecule has 0 aliphatic heterocycles. The maximum Gasteiger partial charge on any atom is 0.214 e. The Bertz CT molecular complexity index is 304. The lowest BCUT2D eigenvalue weighted by Crippen LogP contribution is -2.45. The van der Waals surface area contributed by atoms with E-state index in [9.17, 15) is 8.42 Å². The fourth-order valence-corrected chi connectivity index (χ4v) is 3.98. The molecule has 1 saturated carbocycles. The topological polar surface area (TPSA) is 46.6 Å². The highest BCUT2D eigenvalue weighted by Crippen LogP contribution is 2.27. The highest BCUT2D eigenvalue weighted by Gasteiger charge is 2.32. The lowest BCUT2D eigenvalue weighted by molar-refractivity contribution is 0.196. The normalized spacial score (nSPS) is 17.4. The minimum absolute atomic E-state index is 0.208. The first kappa shape index (κ1) is 15.4. The summed E-state index contributed by atoms with van der Waals surface area (Å²) in [5, 5.41) is 0.851. The molecule has 1 aliphatic rings. The van der Waals surface area contributed by atoms with E-state index in [1.165, 1.54) is 0 Å². The number of halogens is 1. The molecule has 0 unspecified atom stereocenters. The van der Waals surface area contributed by atoms with E-state index >= 15 is 0 Å². The summed E-state index contributed by atoms with van der Waals surface area (Å²) < 4.78 is 31.0. The van der Waals surface area contributed by atoms with Crippen molar-refractivity contribution in [1.29, 1.82) is 0 Å². The van der Waals surface area contributed by atoms with Crippen molar-refractivity contribution in [3.63, 3.8) is 0 Å². The van der Waals surface area contributed by atoms with Crippen LogP contribution in [0.3, 0.4) is 0 Å². The second-order valence-electron chi connectivity index (χ2n) is 4.40. The summed E-state index contributed by atoms with van der Waals surface area (Å²) in [5.74, 6) is 0.208. The van der Waals surface area contributed by atoms with Crippen LogP contribution in [-0.2, 0) is 14.8 Å². The van der Waals surface area contributed by atoms with Crippen LogP contribution in [0.15, 0.2) is 0 Å². The van der Waals surface area contributed by atoms with Crippen molar-refractivity contribution in [2.24, 2.45) is 0 Å². The maximum atomic E-state index is 12.2. The van der Waals surface area contributed by atoms with Crippen molar-refractivity contribution in [2.45, 2.75) is 38.1 Å². The highest BCUT2D eigenvalue weighted by atomic mass is 79.9. The molecule has 0 bridgehead atoms. The lowest BCUT2D eigenvalue weighted by atomic mass is 9.93. The van der Waals surface area contributed by atoms with Crippen LogP contribution in [0.4, 0.5) is 0 Å². The molecular formula is C11H22BrNO3S. The van der Waals surface area contributed by atoms with Crippen molar-refractivity contribution >= 4 is 26.0 Å². The number of ether oxygens (including phenoxy) is 1. The van der Waals surface area contributed by atoms with Crippen molar-refractivity contribution in [2.75, 3.05) is 31.3 Å². The van der Waals surface area contributed by atoms with Gasteiger partial charge in [-0.2, -0.15) is 4.31 Å². The number of nitrogens with zero attached hydrogens (tertiary/aromatic N) is 1. The second kappa shape index (κ2) is 7.71. The Labute approximate surface area is 113 Å². The first-order valence-electron chi connectivity index (χ1n) is 6.16. The quantitative estimate of drug-likeness (QED) is 0.480. The van der Waals surface area contributed by atoms with E-state index in [-0.39, 0.29) is 11.8 Å². The van der Waals surface area contributed by atoms with Crippen molar-refractivity contribution in [3.8, 4) is 0 Å². The van der Waals surface area contributed by atoms with Crippen LogP contribution < -0.4 is 0 Å². The Balaban J connectivity index is 2.53. The van der Waals surface area contributed by atoms with Crippen molar-refractivity contribution in [3.05, 3.63) is 0 Å². The molecule has 0 aromatic rings. The van der Waals surface area contributed by atoms with E-state index in [0.717, 1.165) is 31.0 Å². The summed E-state index contributed by atoms with van der Waals surface area (Å²) in [6.45, 7) is 1.15. The molecule has 1 aliphatic carbocycles. The van der Waals surface area contributed by atoms with Gasteiger partial charge in [0, 0.05) is 31.6 Å². The number of sulfonamides is 1. The first-order chi connectivity index (χ1) is 8.11. The molecule has 0 N–H and O–H groups in total. The third kappa shape index (κ3) is 4.85. The molecule has 0 heterocycles. The molecule has 0 spiro atoms. The van der Waals surface area contributed by atoms with E-state index in [1.807, 2.05) is 0 Å². The predicted molar refractivity (Wildman–Crippen MR) is 73.0 cm³/mol. The van der Waals surface area contributed by atoms with Gasteiger partial charge >= 0.3 is 0 Å². The summed E-state index contributed by atoms with van der Waals surface area (Å²) in [6.07, 6.45) is 4.65. The van der Waals surface area contributed by atoms with Gasteiger partial charge in [-0.3, -0.25) is 0 Å². The molecular weight excluding hydrogens is 306 g/mol. The van der Waals surface area contributed by atoms with Gasteiger partial charge in [0.2, 0.25) is 10.0 Å². The molecule has 1 fully saturated rings. The van der Waals surface area contributed by atoms with Gasteiger partial charge in [0.1, 0.15) is 0 Å². The minimum Gasteiger partial charge on any atom is -0.385 e. The van der Waals surface area contributed by atoms with Gasteiger partial charge in [-0.1, -0.05) is 22.4 Å². The molecule has 6 heteroatoms. The molecule has 0 aromatic heterocycles. The van der Waals surface area contributed by atoms with Gasteiger partial charge in [-0.05, 0) is 25.7 Å². The van der Waals surface area contributed by atoms with Crippen LogP contribution in [-0.4, -0.2) is 50.1 Å². The number of hydrogen-bond donors (Lipinski definition) is 0. The first-order valence-corrected chi connectivity index (χ1v) is 8.89. The monoisotopic (exact) mass is 327 g/mol. The van der Waals surface area contributed by atoms with Gasteiger partial charge in [-0.15, -0.1) is 0 Å². The van der Waals surface area contributed by atoms with Crippen LogP contribution >= 0.6 is 15.9 Å². The lowest BCUT2D eigenvalue weighted by Gasteiger charge is -2.36. The summed E-state index contributed by atoms with van der Waals surface area (Å²) in [6, 6.07) is 0.251. The molecule has 102 valence electrons. The maximum absolute atomic E-state index is 12.2. The van der Waals surface area contributed by atoms with Gasteiger partial charge in [0.25, 0.3) is 0 Å². The Morgan fingerprint density at radius 1 is 1.35 bits per heavy atom. The number of methoxy groups -OCH3 is 1. The van der Waals surface area contributed by atoms with Crippen molar-refractivity contribution in [1.82, 2.24) is 4.31 Å². The van der Waals surface area contributed by atoms with Crippen LogP contribution in [0.25, 0.3) is 0 Å². The summed E-state index contributed by atoms with van der Waals surface area (Å²) >= 11 is 3.36. The zero-order valence-corrected chi connectivity index (χ0v) is 12.8. The average Bonchev–Trinajstić information content (AvgIpc) is 2.21. The van der Waals surface area contributed by atoms with Crippen LogP contribution in [0.1, 0.15) is 32.1 Å². The summed E-state index contributed by atoms with van der Waals surface area (Å²) in [7, 11) is -1.50. The number of rotatable bonds is 9. The molecule has 0 amide bonds. The van der Waals surface area contributed by atoms with E-state index in [4.69, 9.17) is 4.74 Å². The molecule has 0 aromatic carbocycles. The molecule has 0 saturated heterocycles. The highest BCUT2D eigenvalue weighted by molar-refractivity contribution is 9.09. The number of alkyl halides is 1. The van der Waals surface area contributed by atoms with Crippen LogP contribution in [0.2, 0.25) is 0 Å². The Morgan fingerprint density at radius 2 is 2.06 bits per heavy atom. The minimum atomic E-state index is -3.09. The fourth-order valence-electron chi connectivity index (χ4n) is 1.94. The fraction of sp³-hybridized carbons (Fsp3) is 1.00. The van der Waals surface area contributed by atoms with Gasteiger partial charge in [-0.25, -0.2) is 8.42 Å². The average molecular weight is 328 g/mol. The largest absolute Gasteiger partial charge is 0.385 e. The molecule has 0 radical (unpaired) electrons. The number of hydrogen-bond acceptors (Lipinski definition) is 3. The van der Waals surface area contributed by atoms with Crippen molar-refractivity contribution < 1.29 is 13.2 Å². The Hall–Kier alpha value is 0.350. The van der Waals surface area contributed by atoms with Crippen LogP contribution in [0, 0.1) is 0 Å². The Kier molecular flexibility index (Phi) is 6.99. The van der Waals surface area contributed by atoms with E-state index in [0.29, 0.717) is 19.6 Å². The Morgan fingerprint density at radius 3 is 2.53 bits per heavy atom. The SMILES string of the molecule is COCCCS(=O)(=O)N(CCCBr)C1CCC1. The van der Waals surface area contributed by atoms with E-state index in [2.05, 4.69) is 15.9 Å². The summed E-state index contributed by atoms with van der Waals surface area (Å²) in [5.41, 5.74) is 0. The van der Waals surface area contributed by atoms with Crippen LogP contribution in [0.5, 0.6) is 0 Å². The predicted octanol–water partition coefficient (Wildman–Crippen LogP) is 1.99. The van der Waals surface area contributed by atoms with E-state index < -0.39 is 10.0 Å². The zero-order valence-electron chi connectivity index (χ0n) is 10.4. The molecule has 0 atom stereocenters. The molecule has 1 rings (SSSR count). The third-order valence-corrected chi connectivity index (χ3v) is 5.66. The van der Waals surface area contributed by atoms with E-state index in [1.54, 1.807) is 11.4 Å². The zero-order chi connectivity index (χ0) is 12.7. The van der Waals surface area contributed by atoms with Gasteiger partial charge < -0.3 is 4.74 Å². The molecule has 17 heavy (non-hydrogen) atoms. The second-order valence-corrected chi connectivity index (χ2v) is 7.23. The van der Waals surface area contributed by atoms with Gasteiger partial charge in [0.05, 0.1) is 5.75 Å². The molecule has 4 nitrogen and oxygen atoms in total. The standard InChI is InChI=1S/C11H22BrNO3S/c1-16-9-4-10-17(14,15)13(8-3-7-12)11-5-2-6-11/h11H,2-10H2,1H3. The van der Waals surface area contributed by atoms with Gasteiger partial charge in [0.15, 0.2) is 0 Å². The summed E-state index contributed by atoms with van der Waals surface area (Å²) in [4.78, 5) is 0. The smallest absolute Gasteiger partial charge is 0.214 e.